The molecular formula is C44H53Cl2SiZr. The van der Waals surface area contributed by atoms with Gasteiger partial charge >= 0.3 is 302 Å². The predicted octanol–water partition coefficient (Wildman–Crippen LogP) is 14.0. The number of hydrogen-bond acceptors (Lipinski definition) is 0. The number of halogens is 2. The first-order valence-electron chi connectivity index (χ1n) is 18.0. The topological polar surface area (TPSA) is 0 Å². The summed E-state index contributed by atoms with van der Waals surface area (Å²) in [6.45, 7) is 23.2. The molecule has 2 unspecified atom stereocenters. The van der Waals surface area contributed by atoms with Crippen LogP contribution in [-0.2, 0) is 26.4 Å². The molecule has 0 nitrogen and oxygen atoms in total. The Balaban J connectivity index is 1.55. The van der Waals surface area contributed by atoms with E-state index in [-0.39, 0.29) is 18.1 Å². The summed E-state index contributed by atoms with van der Waals surface area (Å²) in [5.41, 5.74) is 16.2. The molecular weight excluding hydrogens is 719 g/mol. The van der Waals surface area contributed by atoms with E-state index in [0.29, 0.717) is 0 Å². The Morgan fingerprint density at radius 2 is 0.958 bits per heavy atom. The van der Waals surface area contributed by atoms with E-state index in [0.717, 1.165) is 12.8 Å². The summed E-state index contributed by atoms with van der Waals surface area (Å²) in [7, 11) is 17.3. The van der Waals surface area contributed by atoms with Gasteiger partial charge in [-0.05, 0) is 0 Å². The molecule has 0 bridgehead atoms. The van der Waals surface area contributed by atoms with Crippen molar-refractivity contribution < 1.29 is 15.6 Å². The van der Waals surface area contributed by atoms with Gasteiger partial charge in [-0.2, -0.15) is 0 Å². The number of fused-ring (bicyclic) bond motifs is 2. The fourth-order valence-corrected chi connectivity index (χ4v) is 40.3. The van der Waals surface area contributed by atoms with E-state index in [1.54, 1.807) is 0 Å². The van der Waals surface area contributed by atoms with E-state index in [2.05, 4.69) is 166 Å². The van der Waals surface area contributed by atoms with Crippen LogP contribution in [0.5, 0.6) is 0 Å². The van der Waals surface area contributed by atoms with E-state index in [1.807, 2.05) is 0 Å². The van der Waals surface area contributed by atoms with E-state index < -0.39 is 21.5 Å². The summed E-state index contributed by atoms with van der Waals surface area (Å²) in [5.74, 6) is -1.63. The second-order valence-corrected chi connectivity index (χ2v) is 59.2. The van der Waals surface area contributed by atoms with Crippen LogP contribution in [0.25, 0.3) is 34.4 Å². The number of hydrogen-bond donors (Lipinski definition) is 0. The molecule has 4 aromatic rings. The monoisotopic (exact) mass is 769 g/mol. The second kappa shape index (κ2) is 12.7. The van der Waals surface area contributed by atoms with Gasteiger partial charge in [0, 0.05) is 0 Å². The molecule has 0 radical (unpaired) electrons. The van der Waals surface area contributed by atoms with Crippen LogP contribution in [0.4, 0.5) is 0 Å². The van der Waals surface area contributed by atoms with Crippen LogP contribution in [-0.4, -0.2) is 5.92 Å². The normalized spacial score (nSPS) is 18.6. The minimum atomic E-state index is -4.81. The summed E-state index contributed by atoms with van der Waals surface area (Å²) in [6.07, 6.45) is 6.87. The molecule has 0 fully saturated rings. The van der Waals surface area contributed by atoms with Crippen molar-refractivity contribution in [2.75, 3.05) is 0 Å². The fourth-order valence-electron chi connectivity index (χ4n) is 8.49. The predicted molar refractivity (Wildman–Crippen MR) is 214 cm³/mol. The van der Waals surface area contributed by atoms with Crippen molar-refractivity contribution in [3.05, 3.63) is 129 Å². The van der Waals surface area contributed by atoms with Crippen molar-refractivity contribution in [3.8, 4) is 22.3 Å². The summed E-state index contributed by atoms with van der Waals surface area (Å²) in [4.78, 5) is 0. The molecule has 0 aliphatic heterocycles. The second-order valence-electron chi connectivity index (χ2n) is 16.7. The molecule has 0 amide bonds. The number of allylic oxidation sites excluding steroid dienone is 2. The molecule has 48 heavy (non-hydrogen) atoms. The van der Waals surface area contributed by atoms with Crippen molar-refractivity contribution in [2.24, 2.45) is 0 Å². The first kappa shape index (κ1) is 35.9. The SMILES string of the molecule is CCC1=Cc2c(-c3cccc(C(C)(C)C)c3)cccc2[CH]1[Zr]([Cl])([Cl])([CH]1C(CC)=Cc2c(-c3cccc(C(C)(C)C)c3)cccc21)[SiH](C)C. The average Bonchev–Trinajstić information content (AvgIpc) is 3.64. The molecule has 2 aliphatic carbocycles. The van der Waals surface area contributed by atoms with Gasteiger partial charge < -0.3 is 0 Å². The van der Waals surface area contributed by atoms with Gasteiger partial charge in [0.25, 0.3) is 0 Å². The zero-order chi connectivity index (χ0) is 34.8. The molecule has 0 saturated carbocycles. The van der Waals surface area contributed by atoms with Crippen LogP contribution in [0, 0.1) is 0 Å². The fraction of sp³-hybridized carbons (Fsp3) is 0.364. The van der Waals surface area contributed by atoms with Gasteiger partial charge in [-0.3, -0.25) is 0 Å². The number of rotatable bonds is 7. The standard InChI is InChI=1S/2C21H23.C2H7Si.2ClH.Zr/c2*1-5-15-12-16-9-7-11-19(20(16)13-15)17-8-6-10-18(14-17)21(2,3)4;1-3-2;;;/h2*6-14H,5H2,1-4H3;3H,1-2H3;2*1H;/q;;;;;+2/p-2. The summed E-state index contributed by atoms with van der Waals surface area (Å²) in [6, 6.07) is 32.0. The van der Waals surface area contributed by atoms with Crippen molar-refractivity contribution in [1.82, 2.24) is 0 Å². The molecule has 0 heterocycles. The first-order valence-corrected chi connectivity index (χ1v) is 34.3. The Kier molecular flexibility index (Phi) is 9.46. The Morgan fingerprint density at radius 1 is 0.583 bits per heavy atom. The molecule has 251 valence electrons. The molecule has 0 N–H and O–H groups in total. The molecule has 0 saturated heterocycles. The Morgan fingerprint density at radius 3 is 1.29 bits per heavy atom. The third-order valence-electron chi connectivity index (χ3n) is 11.4. The van der Waals surface area contributed by atoms with Crippen LogP contribution in [0.1, 0.15) is 109 Å². The Bertz CT molecular complexity index is 1810. The third-order valence-corrected chi connectivity index (χ3v) is 63.3. The van der Waals surface area contributed by atoms with Crippen molar-refractivity contribution in [1.29, 1.82) is 0 Å². The van der Waals surface area contributed by atoms with Crippen molar-refractivity contribution in [3.63, 3.8) is 0 Å². The van der Waals surface area contributed by atoms with Gasteiger partial charge in [0.2, 0.25) is 0 Å². The van der Waals surface area contributed by atoms with Gasteiger partial charge in [0.05, 0.1) is 0 Å². The van der Waals surface area contributed by atoms with Gasteiger partial charge in [-0.25, -0.2) is 0 Å². The molecule has 6 rings (SSSR count). The zero-order valence-electron chi connectivity index (χ0n) is 30.6. The minimum absolute atomic E-state index is 0.0811. The van der Waals surface area contributed by atoms with Crippen LogP contribution in [0.3, 0.4) is 0 Å². The number of benzene rings is 4. The molecule has 4 aromatic carbocycles. The van der Waals surface area contributed by atoms with Gasteiger partial charge in [-0.1, -0.05) is 0 Å². The van der Waals surface area contributed by atoms with E-state index in [4.69, 9.17) is 17.0 Å². The first-order chi connectivity index (χ1) is 22.5. The van der Waals surface area contributed by atoms with E-state index in [9.17, 15) is 0 Å². The zero-order valence-corrected chi connectivity index (χ0v) is 35.8. The van der Waals surface area contributed by atoms with E-state index >= 15 is 0 Å². The molecule has 0 spiro atoms. The summed E-state index contributed by atoms with van der Waals surface area (Å²) in [5, 5.41) is 0. The molecule has 2 atom stereocenters. The van der Waals surface area contributed by atoms with Crippen molar-refractivity contribution >= 4 is 35.1 Å². The maximum atomic E-state index is 8.67. The molecule has 4 heteroatoms. The quantitative estimate of drug-likeness (QED) is 0.164. The van der Waals surface area contributed by atoms with Crippen LogP contribution in [0.15, 0.2) is 96.1 Å². The summed E-state index contributed by atoms with van der Waals surface area (Å²) >= 11 is -4.81. The maximum absolute atomic E-state index is 8.67. The van der Waals surface area contributed by atoms with Gasteiger partial charge in [0.1, 0.15) is 0 Å². The van der Waals surface area contributed by atoms with Crippen LogP contribution < -0.4 is 0 Å². The molecule has 0 aromatic heterocycles. The molecule has 2 aliphatic rings. The third kappa shape index (κ3) is 5.86. The van der Waals surface area contributed by atoms with E-state index in [1.165, 1.54) is 66.8 Å². The van der Waals surface area contributed by atoms with Crippen molar-refractivity contribution in [2.45, 2.75) is 99.4 Å². The Labute approximate surface area is 299 Å². The van der Waals surface area contributed by atoms with Crippen LogP contribution >= 0.6 is 17.0 Å². The average molecular weight is 772 g/mol. The van der Waals surface area contributed by atoms with Gasteiger partial charge in [-0.15, -0.1) is 0 Å². The van der Waals surface area contributed by atoms with Crippen LogP contribution in [0.2, 0.25) is 13.1 Å². The summed E-state index contributed by atoms with van der Waals surface area (Å²) < 4.78 is 0.205. The van der Waals surface area contributed by atoms with Gasteiger partial charge in [0.15, 0.2) is 0 Å². The Hall–Kier alpha value is -1.96.